The molecule has 384 valence electrons. The van der Waals surface area contributed by atoms with Gasteiger partial charge in [-0.3, -0.25) is 9.59 Å². The van der Waals surface area contributed by atoms with Crippen molar-refractivity contribution in [3.63, 3.8) is 0 Å². The van der Waals surface area contributed by atoms with E-state index in [0.717, 1.165) is 51.4 Å². The van der Waals surface area contributed by atoms with Crippen molar-refractivity contribution in [3.05, 3.63) is 48.6 Å². The molecule has 0 aliphatic rings. The number of hydrogen-bond acceptors (Lipinski definition) is 6. The molecule has 0 saturated carbocycles. The summed E-state index contributed by atoms with van der Waals surface area (Å²) in [7, 11) is 5.54. The quantitative estimate of drug-likeness (QED) is 0.0213. The molecule has 1 N–H and O–H groups in total. The first kappa shape index (κ1) is 63.3. The fourth-order valence-electron chi connectivity index (χ4n) is 8.17. The molecule has 0 bridgehead atoms. The average Bonchev–Trinajstić information content (AvgIpc) is 3.28. The third-order valence-corrected chi connectivity index (χ3v) is 12.5. The molecule has 0 aromatic heterocycles. The first-order valence-electron chi connectivity index (χ1n) is 27.7. The number of esters is 2. The van der Waals surface area contributed by atoms with Crippen LogP contribution < -0.4 is 0 Å². The van der Waals surface area contributed by atoms with Crippen LogP contribution in [0.25, 0.3) is 0 Å². The highest BCUT2D eigenvalue weighted by molar-refractivity contribution is 5.72. The van der Waals surface area contributed by atoms with Gasteiger partial charge in [0, 0.05) is 19.3 Å². The van der Waals surface area contributed by atoms with Crippen LogP contribution in [0.4, 0.5) is 0 Å². The standard InChI is InChI=1S/C58H105NO7/c1-6-8-10-12-14-16-18-20-22-24-26-28-29-31-33-35-37-39-41-43-45-47-49-57(61)66-54(52-64-51-50-55(58(62)63)59(3,4)5)53-65-56(60)48-46-44-42-40-38-36-34-32-30-27-25-23-21-19-17-15-13-11-9-7-2/h17,19,21,23-24,26,29,31,54-55H,6-16,18,20,22,25,27-28,30,32-53H2,1-5H3/p+1/b19-17+,23-21+,26-24+,31-29+. The molecule has 8 heteroatoms. The third kappa shape index (κ3) is 46.4. The van der Waals surface area contributed by atoms with Gasteiger partial charge in [0.2, 0.25) is 0 Å². The second-order valence-corrected chi connectivity index (χ2v) is 19.9. The van der Waals surface area contributed by atoms with Gasteiger partial charge in [-0.05, 0) is 70.6 Å². The molecule has 0 aromatic carbocycles. The Morgan fingerprint density at radius 3 is 1.27 bits per heavy atom. The van der Waals surface area contributed by atoms with Crippen LogP contribution in [-0.2, 0) is 28.6 Å². The van der Waals surface area contributed by atoms with E-state index in [4.69, 9.17) is 14.2 Å². The minimum absolute atomic E-state index is 0.0555. The van der Waals surface area contributed by atoms with Crippen molar-refractivity contribution in [2.75, 3.05) is 41.0 Å². The van der Waals surface area contributed by atoms with E-state index in [1.807, 2.05) is 21.1 Å². The molecule has 2 atom stereocenters. The molecule has 66 heavy (non-hydrogen) atoms. The lowest BCUT2D eigenvalue weighted by Crippen LogP contribution is -2.50. The van der Waals surface area contributed by atoms with E-state index in [1.165, 1.54) is 167 Å². The van der Waals surface area contributed by atoms with Gasteiger partial charge in [-0.15, -0.1) is 0 Å². The second kappa shape index (κ2) is 48.7. The van der Waals surface area contributed by atoms with Gasteiger partial charge in [0.25, 0.3) is 0 Å². The third-order valence-electron chi connectivity index (χ3n) is 12.5. The van der Waals surface area contributed by atoms with Gasteiger partial charge in [-0.1, -0.05) is 210 Å². The molecule has 8 nitrogen and oxygen atoms in total. The van der Waals surface area contributed by atoms with Crippen molar-refractivity contribution in [2.45, 2.75) is 264 Å². The number of carbonyl (C=O) groups excluding carboxylic acids is 2. The minimum Gasteiger partial charge on any atom is -0.477 e. The maximum absolute atomic E-state index is 12.8. The first-order valence-corrected chi connectivity index (χ1v) is 27.7. The number of unbranched alkanes of at least 4 members (excludes halogenated alkanes) is 29. The Morgan fingerprint density at radius 1 is 0.470 bits per heavy atom. The van der Waals surface area contributed by atoms with Crippen LogP contribution >= 0.6 is 0 Å². The molecule has 0 amide bonds. The van der Waals surface area contributed by atoms with Crippen molar-refractivity contribution in [1.29, 1.82) is 0 Å². The van der Waals surface area contributed by atoms with Gasteiger partial charge in [-0.2, -0.15) is 0 Å². The molecule has 0 radical (unpaired) electrons. The molecule has 0 rings (SSSR count). The summed E-state index contributed by atoms with van der Waals surface area (Å²) in [6, 6.07) is -0.618. The van der Waals surface area contributed by atoms with E-state index in [1.54, 1.807) is 0 Å². The maximum atomic E-state index is 12.8. The number of nitrogens with zero attached hydrogens (tertiary/aromatic N) is 1. The van der Waals surface area contributed by atoms with Crippen molar-refractivity contribution in [2.24, 2.45) is 0 Å². The Bertz CT molecular complexity index is 1220. The van der Waals surface area contributed by atoms with Crippen molar-refractivity contribution in [3.8, 4) is 0 Å². The van der Waals surface area contributed by atoms with Crippen molar-refractivity contribution < 1.29 is 38.2 Å². The van der Waals surface area contributed by atoms with Crippen LogP contribution in [-0.4, -0.2) is 80.6 Å². The summed E-state index contributed by atoms with van der Waals surface area (Å²) in [6.07, 6.45) is 60.2. The number of likely N-dealkylation sites (N-methyl/N-ethyl adjacent to an activating group) is 1. The lowest BCUT2D eigenvalue weighted by atomic mass is 10.1. The van der Waals surface area contributed by atoms with E-state index < -0.39 is 18.1 Å². The Balaban J connectivity index is 4.22. The Kier molecular flexibility index (Phi) is 46.7. The molecule has 2 unspecified atom stereocenters. The number of aliphatic carboxylic acids is 1. The van der Waals surface area contributed by atoms with E-state index in [-0.39, 0.29) is 36.2 Å². The average molecular weight is 929 g/mol. The lowest BCUT2D eigenvalue weighted by molar-refractivity contribution is -0.887. The predicted molar refractivity (Wildman–Crippen MR) is 280 cm³/mol. The molecule has 0 spiro atoms. The van der Waals surface area contributed by atoms with Gasteiger partial charge in [0.1, 0.15) is 6.61 Å². The van der Waals surface area contributed by atoms with Gasteiger partial charge in [-0.25, -0.2) is 4.79 Å². The Labute approximate surface area is 407 Å². The second-order valence-electron chi connectivity index (χ2n) is 19.9. The van der Waals surface area contributed by atoms with Crippen LogP contribution in [0, 0.1) is 0 Å². The van der Waals surface area contributed by atoms with Crippen molar-refractivity contribution >= 4 is 17.9 Å². The summed E-state index contributed by atoms with van der Waals surface area (Å²) in [5.74, 6) is -1.47. The zero-order valence-electron chi connectivity index (χ0n) is 43.9. The predicted octanol–water partition coefficient (Wildman–Crippen LogP) is 16.3. The van der Waals surface area contributed by atoms with Gasteiger partial charge >= 0.3 is 17.9 Å². The molecule has 0 aromatic rings. The minimum atomic E-state index is -0.875. The number of quaternary nitrogens is 1. The number of rotatable bonds is 50. The topological polar surface area (TPSA) is 99.1 Å². The van der Waals surface area contributed by atoms with Crippen LogP contribution in [0.3, 0.4) is 0 Å². The highest BCUT2D eigenvalue weighted by Crippen LogP contribution is 2.16. The van der Waals surface area contributed by atoms with Crippen LogP contribution in [0.1, 0.15) is 251 Å². The molecule has 0 aliphatic carbocycles. The smallest absolute Gasteiger partial charge is 0.362 e. The van der Waals surface area contributed by atoms with E-state index in [9.17, 15) is 19.5 Å². The number of ether oxygens (including phenoxy) is 3. The van der Waals surface area contributed by atoms with E-state index in [0.29, 0.717) is 19.3 Å². The lowest BCUT2D eigenvalue weighted by Gasteiger charge is -2.31. The fraction of sp³-hybridized carbons (Fsp3) is 0.810. The largest absolute Gasteiger partial charge is 0.477 e. The monoisotopic (exact) mass is 929 g/mol. The number of hydrogen-bond donors (Lipinski definition) is 1. The SMILES string of the molecule is CCCCCC/C=C/C=C/CCCCCCCCCCCCC(=O)OCC(COCCC(C(=O)O)[N+](C)(C)C)OC(=O)CCCCCCCCC/C=C/C/C=C/CCCCCCCCCC. The van der Waals surface area contributed by atoms with Gasteiger partial charge < -0.3 is 23.8 Å². The Hall–Kier alpha value is -2.71. The van der Waals surface area contributed by atoms with Crippen LogP contribution in [0.5, 0.6) is 0 Å². The van der Waals surface area contributed by atoms with E-state index >= 15 is 0 Å². The highest BCUT2D eigenvalue weighted by atomic mass is 16.6. The summed E-state index contributed by atoms with van der Waals surface area (Å²) >= 11 is 0. The number of allylic oxidation sites excluding steroid dienone is 8. The van der Waals surface area contributed by atoms with Gasteiger partial charge in [0.05, 0.1) is 34.4 Å². The van der Waals surface area contributed by atoms with Crippen molar-refractivity contribution in [1.82, 2.24) is 0 Å². The molecule has 0 heterocycles. The zero-order valence-corrected chi connectivity index (χ0v) is 43.9. The molecule has 0 fully saturated rings. The van der Waals surface area contributed by atoms with Gasteiger partial charge in [0.15, 0.2) is 12.1 Å². The number of carboxylic acid groups (broad SMARTS) is 1. The van der Waals surface area contributed by atoms with Crippen LogP contribution in [0.2, 0.25) is 0 Å². The number of carbonyl (C=O) groups is 3. The molecule has 0 saturated heterocycles. The normalized spacial score (nSPS) is 13.2. The summed E-state index contributed by atoms with van der Waals surface area (Å²) < 4.78 is 17.4. The summed E-state index contributed by atoms with van der Waals surface area (Å²) in [5, 5.41) is 9.67. The first-order chi connectivity index (χ1) is 32.1. The number of carboxylic acids is 1. The fourth-order valence-corrected chi connectivity index (χ4v) is 8.17. The molecular formula is C58H106NO7+. The Morgan fingerprint density at radius 2 is 0.848 bits per heavy atom. The summed E-state index contributed by atoms with van der Waals surface area (Å²) in [6.45, 7) is 4.74. The zero-order chi connectivity index (χ0) is 48.4. The maximum Gasteiger partial charge on any atom is 0.362 e. The van der Waals surface area contributed by atoms with E-state index in [2.05, 4.69) is 62.5 Å². The molecule has 0 aliphatic heterocycles. The summed E-state index contributed by atoms with van der Waals surface area (Å²) in [5.41, 5.74) is 0. The highest BCUT2D eigenvalue weighted by Gasteiger charge is 2.31. The summed E-state index contributed by atoms with van der Waals surface area (Å²) in [4.78, 5) is 37.2. The van der Waals surface area contributed by atoms with Crippen LogP contribution in [0.15, 0.2) is 48.6 Å². The molecular weight excluding hydrogens is 823 g/mol.